The molecule has 0 aromatic heterocycles. The Morgan fingerprint density at radius 1 is 1.18 bits per heavy atom. The van der Waals surface area contributed by atoms with Crippen molar-refractivity contribution >= 4 is 28.0 Å². The van der Waals surface area contributed by atoms with Crippen molar-refractivity contribution in [2.45, 2.75) is 33.6 Å². The first-order valence-electron chi connectivity index (χ1n) is 5.10. The van der Waals surface area contributed by atoms with Gasteiger partial charge in [0.1, 0.15) is 0 Å². The summed E-state index contributed by atoms with van der Waals surface area (Å²) in [6.45, 7) is 6.31. The van der Waals surface area contributed by atoms with Gasteiger partial charge in [-0.3, -0.25) is 12.2 Å². The van der Waals surface area contributed by atoms with E-state index >= 15 is 0 Å². The molecule has 0 N–H and O–H groups in total. The van der Waals surface area contributed by atoms with Crippen molar-refractivity contribution in [3.63, 3.8) is 0 Å². The zero-order valence-electron chi connectivity index (χ0n) is 10.6. The van der Waals surface area contributed by atoms with Gasteiger partial charge < -0.3 is 0 Å². The quantitative estimate of drug-likeness (QED) is 0.561. The second-order valence-electron chi connectivity index (χ2n) is 3.47. The third-order valence-electron chi connectivity index (χ3n) is 1.45. The van der Waals surface area contributed by atoms with Crippen molar-refractivity contribution in [3.05, 3.63) is 48.1 Å². The Labute approximate surface area is 133 Å². The molecular weight excluding hydrogens is 330 g/mol. The molecule has 0 unspecified atom stereocenters. The normalized spacial score (nSPS) is 13.4. The Morgan fingerprint density at radius 3 is 1.88 bits per heavy atom. The summed E-state index contributed by atoms with van der Waals surface area (Å²) >= 11 is 1.55. The molecule has 17 heavy (non-hydrogen) atoms. The van der Waals surface area contributed by atoms with Crippen LogP contribution in [0.3, 0.4) is 0 Å². The average Bonchev–Trinajstić information content (AvgIpc) is 2.75. The largest absolute Gasteiger partial charge is 0.273 e. The summed E-state index contributed by atoms with van der Waals surface area (Å²) in [5.41, 5.74) is 1.27. The first-order chi connectivity index (χ1) is 7.13. The molecule has 0 radical (unpaired) electrons. The van der Waals surface area contributed by atoms with Crippen LogP contribution in [0.5, 0.6) is 0 Å². The van der Waals surface area contributed by atoms with E-state index in [2.05, 4.69) is 51.2 Å². The maximum atomic E-state index is 3.12. The maximum absolute atomic E-state index is 3.12. The Kier molecular flexibility index (Phi) is 21.5. The van der Waals surface area contributed by atoms with Crippen molar-refractivity contribution < 1.29 is 24.2 Å². The van der Waals surface area contributed by atoms with Crippen LogP contribution < -0.4 is 0 Å². The Morgan fingerprint density at radius 2 is 1.76 bits per heavy atom. The second kappa shape index (κ2) is 16.3. The third kappa shape index (κ3) is 22.0. The van der Waals surface area contributed by atoms with Crippen LogP contribution in [0.25, 0.3) is 0 Å². The Bertz CT molecular complexity index is 283. The zero-order chi connectivity index (χ0) is 11.5. The molecule has 2 rings (SSSR count). The maximum Gasteiger partial charge on any atom is -0.109 e. The van der Waals surface area contributed by atoms with Crippen molar-refractivity contribution in [2.24, 2.45) is 0 Å². The van der Waals surface area contributed by atoms with Gasteiger partial charge in [0.05, 0.1) is 0 Å². The molecule has 2 aliphatic carbocycles. The summed E-state index contributed by atoms with van der Waals surface area (Å²) in [5, 5.41) is 0. The van der Waals surface area contributed by atoms with Crippen molar-refractivity contribution in [1.29, 1.82) is 0 Å². The minimum absolute atomic E-state index is 0. The van der Waals surface area contributed by atoms with Crippen LogP contribution in [0.1, 0.15) is 33.6 Å². The fourth-order valence-corrected chi connectivity index (χ4v) is 0.855. The van der Waals surface area contributed by atoms with Crippen LogP contribution in [0, 0.1) is 12.2 Å². The summed E-state index contributed by atoms with van der Waals surface area (Å²) in [7, 11) is 0. The van der Waals surface area contributed by atoms with Crippen LogP contribution in [0.4, 0.5) is 0 Å². The van der Waals surface area contributed by atoms with Gasteiger partial charge in [0.15, 0.2) is 0 Å². The summed E-state index contributed by atoms with van der Waals surface area (Å²) in [6, 6.07) is 0. The summed E-state index contributed by atoms with van der Waals surface area (Å²) in [4.78, 5) is 0. The standard InChI is InChI=1S/C6H7.C5H5.C3H6.2ClH.Zr/c1-6-4-2-3-5-6;1-2-4-5-3-1;1-3-2;;;/h2,4H,3H2,1H3;1-3H,4H2;1-2H3;2*1H;/q2*-1;;;;+2. The number of hydrogen-bond acceptors (Lipinski definition) is 0. The topological polar surface area (TPSA) is 0 Å². The molecule has 0 aliphatic heterocycles. The zero-order valence-corrected chi connectivity index (χ0v) is 14.7. The molecule has 0 saturated carbocycles. The van der Waals surface area contributed by atoms with E-state index in [9.17, 15) is 0 Å². The van der Waals surface area contributed by atoms with Gasteiger partial charge in [-0.15, -0.1) is 37.7 Å². The van der Waals surface area contributed by atoms with Gasteiger partial charge in [-0.2, -0.15) is 12.2 Å². The van der Waals surface area contributed by atoms with E-state index in [0.717, 1.165) is 12.8 Å². The van der Waals surface area contributed by atoms with Gasteiger partial charge in [-0.25, -0.2) is 23.8 Å². The monoisotopic (exact) mass is 348 g/mol. The average molecular weight is 350 g/mol. The number of hydrogen-bond donors (Lipinski definition) is 0. The van der Waals surface area contributed by atoms with Gasteiger partial charge in [0.2, 0.25) is 0 Å². The van der Waals surface area contributed by atoms with Crippen LogP contribution in [-0.4, -0.2) is 3.21 Å². The van der Waals surface area contributed by atoms with E-state index in [1.807, 2.05) is 12.2 Å². The summed E-state index contributed by atoms with van der Waals surface area (Å²) in [6.07, 6.45) is 18.3. The molecule has 94 valence electrons. The van der Waals surface area contributed by atoms with Gasteiger partial charge in [-0.1, -0.05) is 6.92 Å². The predicted molar refractivity (Wildman–Crippen MR) is 78.6 cm³/mol. The molecule has 0 fully saturated rings. The molecule has 0 amide bonds. The molecule has 0 bridgehead atoms. The minimum Gasteiger partial charge on any atom is -0.273 e. The molecule has 3 heteroatoms. The van der Waals surface area contributed by atoms with Crippen LogP contribution in [0.15, 0.2) is 36.0 Å². The van der Waals surface area contributed by atoms with E-state index < -0.39 is 0 Å². The SMILES string of the molecule is CC1=[C-]CC=C1.C[C](C)=[Zr+2].Cl.Cl.[C-]1=CC=CC1. The van der Waals surface area contributed by atoms with E-state index in [1.165, 1.54) is 8.78 Å². The Hall–Kier alpha value is 0.293. The molecule has 0 nitrogen and oxygen atoms in total. The summed E-state index contributed by atoms with van der Waals surface area (Å²) in [5.74, 6) is 0. The smallest absolute Gasteiger partial charge is 0.109 e. The molecule has 0 heterocycles. The van der Waals surface area contributed by atoms with Crippen molar-refractivity contribution in [3.8, 4) is 0 Å². The van der Waals surface area contributed by atoms with Crippen LogP contribution in [-0.2, 0) is 24.2 Å². The fraction of sp³-hybridized carbons (Fsp3) is 0.357. The van der Waals surface area contributed by atoms with Crippen molar-refractivity contribution in [1.82, 2.24) is 0 Å². The van der Waals surface area contributed by atoms with E-state index in [4.69, 9.17) is 0 Å². The first kappa shape index (κ1) is 22.5. The van der Waals surface area contributed by atoms with Gasteiger partial charge in [-0.05, 0) is 0 Å². The molecule has 0 spiro atoms. The van der Waals surface area contributed by atoms with E-state index in [1.54, 1.807) is 24.2 Å². The van der Waals surface area contributed by atoms with E-state index in [0.29, 0.717) is 0 Å². The summed E-state index contributed by atoms with van der Waals surface area (Å²) < 4.78 is 1.51. The molecule has 0 aromatic carbocycles. The molecular formula is C14H20Cl2Zr. The number of rotatable bonds is 0. The van der Waals surface area contributed by atoms with Gasteiger partial charge in [0.25, 0.3) is 0 Å². The third-order valence-corrected chi connectivity index (χ3v) is 1.45. The molecule has 0 saturated heterocycles. The van der Waals surface area contributed by atoms with E-state index in [-0.39, 0.29) is 24.8 Å². The van der Waals surface area contributed by atoms with Crippen LogP contribution >= 0.6 is 24.8 Å². The molecule has 0 atom stereocenters. The molecule has 0 aromatic rings. The van der Waals surface area contributed by atoms with Crippen molar-refractivity contribution in [2.75, 3.05) is 0 Å². The Balaban J connectivity index is -0.000000167. The van der Waals surface area contributed by atoms with Gasteiger partial charge in [0, 0.05) is 0 Å². The predicted octanol–water partition coefficient (Wildman–Crippen LogP) is 4.59. The van der Waals surface area contributed by atoms with Gasteiger partial charge >= 0.3 is 41.3 Å². The molecule has 2 aliphatic rings. The fourth-order valence-electron chi connectivity index (χ4n) is 0.855. The number of allylic oxidation sites excluding steroid dienone is 8. The first-order valence-corrected chi connectivity index (χ1v) is 6.33. The second-order valence-corrected chi connectivity index (χ2v) is 5.93. The number of halogens is 2. The van der Waals surface area contributed by atoms with Crippen LogP contribution in [0.2, 0.25) is 0 Å². The minimum atomic E-state index is 0.